The first kappa shape index (κ1) is 5.24. The summed E-state index contributed by atoms with van der Waals surface area (Å²) in [7, 11) is 0. The standard InChI is InChI=1S/C4H8N4/c1-3-2-6-8-4(5)7-3/h6H,2H2,1H3,(H2,5,8). The number of hydrazine groups is 1. The Hall–Kier alpha value is -0.900. The van der Waals surface area contributed by atoms with Gasteiger partial charge in [-0.05, 0) is 6.92 Å². The summed E-state index contributed by atoms with van der Waals surface area (Å²) in [6.07, 6.45) is 0. The topological polar surface area (TPSA) is 60.3 Å². The second-order valence-electron chi connectivity index (χ2n) is 1.67. The summed E-state index contributed by atoms with van der Waals surface area (Å²) in [5.41, 5.74) is 6.28. The number of rotatable bonds is 0. The summed E-state index contributed by atoms with van der Waals surface area (Å²) < 4.78 is 0. The fourth-order valence-electron chi connectivity index (χ4n) is 0.514. The zero-order valence-electron chi connectivity index (χ0n) is 4.65. The highest BCUT2D eigenvalue weighted by atomic mass is 15.4. The molecule has 0 aromatic carbocycles. The third-order valence-electron chi connectivity index (χ3n) is 0.854. The highest BCUT2D eigenvalue weighted by molar-refractivity contribution is 5.97. The van der Waals surface area contributed by atoms with Crippen LogP contribution in [0, 0.1) is 5.41 Å². The lowest BCUT2D eigenvalue weighted by molar-refractivity contribution is 0.704. The van der Waals surface area contributed by atoms with Crippen molar-refractivity contribution in [2.75, 3.05) is 6.54 Å². The fraction of sp³-hybridized carbons (Fsp3) is 0.500. The predicted molar refractivity (Wildman–Crippen MR) is 32.0 cm³/mol. The average molecular weight is 112 g/mol. The van der Waals surface area contributed by atoms with E-state index in [0.29, 0.717) is 0 Å². The van der Waals surface area contributed by atoms with E-state index in [1.807, 2.05) is 6.92 Å². The molecule has 0 unspecified atom stereocenters. The van der Waals surface area contributed by atoms with Crippen molar-refractivity contribution in [1.82, 2.24) is 10.9 Å². The molecule has 0 amide bonds. The minimum Gasteiger partial charge on any atom is -0.290 e. The van der Waals surface area contributed by atoms with Crippen LogP contribution >= 0.6 is 0 Å². The molecule has 1 aliphatic heterocycles. The van der Waals surface area contributed by atoms with E-state index in [4.69, 9.17) is 5.41 Å². The molecule has 0 aromatic rings. The van der Waals surface area contributed by atoms with E-state index in [1.165, 1.54) is 0 Å². The second kappa shape index (κ2) is 1.92. The van der Waals surface area contributed by atoms with Gasteiger partial charge in [-0.3, -0.25) is 10.8 Å². The Morgan fingerprint density at radius 1 is 1.75 bits per heavy atom. The Bertz CT molecular complexity index is 137. The van der Waals surface area contributed by atoms with Gasteiger partial charge in [0.25, 0.3) is 0 Å². The Morgan fingerprint density at radius 3 is 2.88 bits per heavy atom. The molecule has 0 aromatic heterocycles. The van der Waals surface area contributed by atoms with Gasteiger partial charge in [-0.1, -0.05) is 0 Å². The molecule has 0 saturated carbocycles. The van der Waals surface area contributed by atoms with Crippen LogP contribution in [-0.2, 0) is 0 Å². The molecule has 8 heavy (non-hydrogen) atoms. The molecule has 0 aliphatic carbocycles. The van der Waals surface area contributed by atoms with Crippen LogP contribution in [0.4, 0.5) is 0 Å². The van der Waals surface area contributed by atoms with E-state index >= 15 is 0 Å². The molecule has 1 aliphatic rings. The van der Waals surface area contributed by atoms with Crippen molar-refractivity contribution >= 4 is 11.7 Å². The number of nitrogens with one attached hydrogen (secondary N) is 3. The minimum absolute atomic E-state index is 0.189. The lowest BCUT2D eigenvalue weighted by Gasteiger charge is -2.11. The summed E-state index contributed by atoms with van der Waals surface area (Å²) in [6, 6.07) is 0. The van der Waals surface area contributed by atoms with Gasteiger partial charge in [0.05, 0.1) is 6.54 Å². The summed E-state index contributed by atoms with van der Waals surface area (Å²) in [6.45, 7) is 2.60. The van der Waals surface area contributed by atoms with Gasteiger partial charge < -0.3 is 0 Å². The van der Waals surface area contributed by atoms with Crippen molar-refractivity contribution in [2.45, 2.75) is 6.92 Å². The third kappa shape index (κ3) is 1.04. The Balaban J connectivity index is 2.64. The van der Waals surface area contributed by atoms with Crippen LogP contribution in [0.1, 0.15) is 6.92 Å². The normalized spacial score (nSPS) is 19.6. The molecule has 3 N–H and O–H groups in total. The molecule has 4 nitrogen and oxygen atoms in total. The van der Waals surface area contributed by atoms with Crippen LogP contribution in [0.15, 0.2) is 4.99 Å². The molecule has 0 saturated heterocycles. The molecule has 1 rings (SSSR count). The van der Waals surface area contributed by atoms with Gasteiger partial charge in [-0.2, -0.15) is 0 Å². The van der Waals surface area contributed by atoms with Gasteiger partial charge in [0, 0.05) is 5.71 Å². The van der Waals surface area contributed by atoms with E-state index in [-0.39, 0.29) is 5.96 Å². The van der Waals surface area contributed by atoms with Crippen molar-refractivity contribution in [2.24, 2.45) is 4.99 Å². The quantitative estimate of drug-likeness (QED) is 0.395. The van der Waals surface area contributed by atoms with Crippen molar-refractivity contribution in [3.05, 3.63) is 0 Å². The van der Waals surface area contributed by atoms with Crippen molar-refractivity contribution in [3.8, 4) is 0 Å². The van der Waals surface area contributed by atoms with Gasteiger partial charge in [0.1, 0.15) is 0 Å². The number of guanidine groups is 1. The monoisotopic (exact) mass is 112 g/mol. The van der Waals surface area contributed by atoms with E-state index in [0.717, 1.165) is 12.3 Å². The van der Waals surface area contributed by atoms with E-state index in [1.54, 1.807) is 0 Å². The maximum Gasteiger partial charge on any atom is 0.229 e. The number of nitrogens with zero attached hydrogens (tertiary/aromatic N) is 1. The van der Waals surface area contributed by atoms with Crippen LogP contribution < -0.4 is 10.9 Å². The zero-order valence-corrected chi connectivity index (χ0v) is 4.65. The Labute approximate surface area is 47.5 Å². The van der Waals surface area contributed by atoms with E-state index in [2.05, 4.69) is 15.8 Å². The van der Waals surface area contributed by atoms with Gasteiger partial charge in [0.15, 0.2) is 0 Å². The molecular formula is C4H8N4. The molecule has 1 heterocycles. The van der Waals surface area contributed by atoms with E-state index < -0.39 is 0 Å². The first-order chi connectivity index (χ1) is 3.79. The average Bonchev–Trinajstić information content (AvgIpc) is 1.64. The summed E-state index contributed by atoms with van der Waals surface area (Å²) >= 11 is 0. The van der Waals surface area contributed by atoms with Gasteiger partial charge in [-0.25, -0.2) is 10.4 Å². The highest BCUT2D eigenvalue weighted by Gasteiger charge is 1.99. The third-order valence-corrected chi connectivity index (χ3v) is 0.854. The zero-order chi connectivity index (χ0) is 5.98. The number of aliphatic imine (C=N–C) groups is 1. The van der Waals surface area contributed by atoms with Crippen molar-refractivity contribution < 1.29 is 0 Å². The summed E-state index contributed by atoms with van der Waals surface area (Å²) in [4.78, 5) is 3.81. The Morgan fingerprint density at radius 2 is 2.50 bits per heavy atom. The minimum atomic E-state index is 0.189. The van der Waals surface area contributed by atoms with Crippen LogP contribution in [0.2, 0.25) is 0 Å². The molecule has 0 fully saturated rings. The lowest BCUT2D eigenvalue weighted by atomic mass is 10.4. The molecule has 0 spiro atoms. The maximum absolute atomic E-state index is 6.96. The van der Waals surface area contributed by atoms with Crippen LogP contribution in [0.5, 0.6) is 0 Å². The van der Waals surface area contributed by atoms with Crippen LogP contribution in [0.3, 0.4) is 0 Å². The van der Waals surface area contributed by atoms with Gasteiger partial charge in [0.2, 0.25) is 5.96 Å². The van der Waals surface area contributed by atoms with Crippen molar-refractivity contribution in [1.29, 1.82) is 5.41 Å². The molecule has 0 radical (unpaired) electrons. The molecule has 0 atom stereocenters. The summed E-state index contributed by atoms with van der Waals surface area (Å²) in [5.74, 6) is 0.189. The number of hydrogen-bond donors (Lipinski definition) is 3. The first-order valence-corrected chi connectivity index (χ1v) is 2.40. The molecule has 44 valence electrons. The molecule has 0 bridgehead atoms. The van der Waals surface area contributed by atoms with Gasteiger partial charge >= 0.3 is 0 Å². The van der Waals surface area contributed by atoms with Crippen molar-refractivity contribution in [3.63, 3.8) is 0 Å². The molecule has 4 heteroatoms. The highest BCUT2D eigenvalue weighted by Crippen LogP contribution is 1.79. The van der Waals surface area contributed by atoms with Crippen LogP contribution in [0.25, 0.3) is 0 Å². The Kier molecular flexibility index (Phi) is 1.26. The smallest absolute Gasteiger partial charge is 0.229 e. The van der Waals surface area contributed by atoms with E-state index in [9.17, 15) is 0 Å². The fourth-order valence-corrected chi connectivity index (χ4v) is 0.514. The largest absolute Gasteiger partial charge is 0.290 e. The van der Waals surface area contributed by atoms with Crippen LogP contribution in [-0.4, -0.2) is 18.2 Å². The SMILES string of the molecule is CC1=NC(=N)NNC1. The predicted octanol–water partition coefficient (Wildman–Crippen LogP) is -0.510. The maximum atomic E-state index is 6.96. The van der Waals surface area contributed by atoms with Gasteiger partial charge in [-0.15, -0.1) is 0 Å². The lowest BCUT2D eigenvalue weighted by Crippen LogP contribution is -2.43. The molecular weight excluding hydrogens is 104 g/mol. The first-order valence-electron chi connectivity index (χ1n) is 2.40. The summed E-state index contributed by atoms with van der Waals surface area (Å²) in [5, 5.41) is 6.96. The number of hydrogen-bond acceptors (Lipinski definition) is 2. The second-order valence-corrected chi connectivity index (χ2v) is 1.67.